The zero-order valence-electron chi connectivity index (χ0n) is 10.3. The van der Waals surface area contributed by atoms with Crippen LogP contribution in [0.1, 0.15) is 29.0 Å². The van der Waals surface area contributed by atoms with Crippen molar-refractivity contribution in [1.29, 1.82) is 0 Å². The van der Waals surface area contributed by atoms with Gasteiger partial charge in [0.25, 0.3) is 0 Å². The smallest absolute Gasteiger partial charge is 0.0731 e. The molecule has 2 rings (SSSR count). The van der Waals surface area contributed by atoms with Crippen molar-refractivity contribution in [3.05, 3.63) is 54.6 Å². The van der Waals surface area contributed by atoms with Gasteiger partial charge in [-0.1, -0.05) is 35.0 Å². The standard InChI is InChI=1S/C14H15Br2NS/c1-3-17-13(10-5-4-6-11(15)8-10)12-7-9(2)14(16)18-12/h4-8,13,17H,3H2,1-2H3. The number of hydrogen-bond donors (Lipinski definition) is 1. The molecule has 1 aromatic carbocycles. The highest BCUT2D eigenvalue weighted by Crippen LogP contribution is 2.34. The maximum Gasteiger partial charge on any atom is 0.0731 e. The molecule has 1 heterocycles. The summed E-state index contributed by atoms with van der Waals surface area (Å²) >= 11 is 8.95. The summed E-state index contributed by atoms with van der Waals surface area (Å²) in [5.74, 6) is 0. The Balaban J connectivity index is 2.39. The molecule has 0 spiro atoms. The van der Waals surface area contributed by atoms with Crippen LogP contribution < -0.4 is 5.32 Å². The van der Waals surface area contributed by atoms with Crippen molar-refractivity contribution in [1.82, 2.24) is 5.32 Å². The van der Waals surface area contributed by atoms with E-state index in [0.717, 1.165) is 11.0 Å². The van der Waals surface area contributed by atoms with Gasteiger partial charge in [0, 0.05) is 9.35 Å². The Hall–Kier alpha value is -0.160. The lowest BCUT2D eigenvalue weighted by atomic mass is 10.1. The number of halogens is 2. The molecule has 1 aromatic heterocycles. The van der Waals surface area contributed by atoms with Gasteiger partial charge in [-0.25, -0.2) is 0 Å². The van der Waals surface area contributed by atoms with E-state index in [-0.39, 0.29) is 6.04 Å². The summed E-state index contributed by atoms with van der Waals surface area (Å²) in [7, 11) is 0. The molecule has 0 aliphatic heterocycles. The second kappa shape index (κ2) is 6.33. The van der Waals surface area contributed by atoms with Crippen molar-refractivity contribution in [2.24, 2.45) is 0 Å². The summed E-state index contributed by atoms with van der Waals surface area (Å²) < 4.78 is 2.34. The molecule has 0 saturated carbocycles. The summed E-state index contributed by atoms with van der Waals surface area (Å²) in [6.07, 6.45) is 0. The number of nitrogens with one attached hydrogen (secondary N) is 1. The van der Waals surface area contributed by atoms with E-state index in [4.69, 9.17) is 0 Å². The maximum absolute atomic E-state index is 3.60. The summed E-state index contributed by atoms with van der Waals surface area (Å²) in [6, 6.07) is 11.0. The van der Waals surface area contributed by atoms with Gasteiger partial charge >= 0.3 is 0 Å². The molecule has 0 radical (unpaired) electrons. The average molecular weight is 389 g/mol. The number of thiophene rings is 1. The molecule has 1 nitrogen and oxygen atoms in total. The fourth-order valence-corrected chi connectivity index (χ4v) is 3.99. The molecule has 0 aliphatic carbocycles. The van der Waals surface area contributed by atoms with Crippen LogP contribution in [-0.2, 0) is 0 Å². The van der Waals surface area contributed by atoms with Gasteiger partial charge in [-0.05, 0) is 58.7 Å². The van der Waals surface area contributed by atoms with Crippen LogP contribution in [0.25, 0.3) is 0 Å². The molecule has 96 valence electrons. The monoisotopic (exact) mass is 387 g/mol. The van der Waals surface area contributed by atoms with E-state index in [1.807, 2.05) is 0 Å². The first kappa shape index (κ1) is 14.3. The highest BCUT2D eigenvalue weighted by atomic mass is 79.9. The largest absolute Gasteiger partial charge is 0.306 e. The van der Waals surface area contributed by atoms with Crippen molar-refractivity contribution in [2.45, 2.75) is 19.9 Å². The van der Waals surface area contributed by atoms with Crippen molar-refractivity contribution >= 4 is 43.2 Å². The first-order chi connectivity index (χ1) is 8.61. The Kier molecular flexibility index (Phi) is 5.01. The van der Waals surface area contributed by atoms with E-state index in [1.54, 1.807) is 11.3 Å². The Morgan fingerprint density at radius 1 is 1.28 bits per heavy atom. The normalized spacial score (nSPS) is 12.7. The van der Waals surface area contributed by atoms with Gasteiger partial charge < -0.3 is 5.32 Å². The molecule has 0 bridgehead atoms. The van der Waals surface area contributed by atoms with Gasteiger partial charge in [-0.15, -0.1) is 11.3 Å². The number of aryl methyl sites for hydroxylation is 1. The first-order valence-electron chi connectivity index (χ1n) is 5.86. The molecule has 0 amide bonds. The second-order valence-electron chi connectivity index (χ2n) is 4.15. The Labute approximate surface area is 129 Å². The van der Waals surface area contributed by atoms with Gasteiger partial charge in [0.05, 0.1) is 9.83 Å². The zero-order chi connectivity index (χ0) is 13.1. The van der Waals surface area contributed by atoms with E-state index in [1.165, 1.54) is 19.8 Å². The van der Waals surface area contributed by atoms with Crippen LogP contribution in [0, 0.1) is 6.92 Å². The van der Waals surface area contributed by atoms with Crippen molar-refractivity contribution < 1.29 is 0 Å². The van der Waals surface area contributed by atoms with E-state index < -0.39 is 0 Å². The first-order valence-corrected chi connectivity index (χ1v) is 8.26. The van der Waals surface area contributed by atoms with E-state index in [9.17, 15) is 0 Å². The lowest BCUT2D eigenvalue weighted by Gasteiger charge is -2.17. The predicted octanol–water partition coefficient (Wildman–Crippen LogP) is 5.28. The molecule has 0 aliphatic rings. The van der Waals surface area contributed by atoms with Gasteiger partial charge in [-0.2, -0.15) is 0 Å². The highest BCUT2D eigenvalue weighted by Gasteiger charge is 2.16. The molecule has 2 aromatic rings. The zero-order valence-corrected chi connectivity index (χ0v) is 14.3. The molecule has 4 heteroatoms. The Bertz CT molecular complexity index is 517. The fraction of sp³-hybridized carbons (Fsp3) is 0.286. The molecular weight excluding hydrogens is 374 g/mol. The van der Waals surface area contributed by atoms with Crippen molar-refractivity contribution in [3.63, 3.8) is 0 Å². The van der Waals surface area contributed by atoms with E-state index in [2.05, 4.69) is 81.4 Å². The van der Waals surface area contributed by atoms with E-state index in [0.29, 0.717) is 0 Å². The fourth-order valence-electron chi connectivity index (χ4n) is 1.90. The van der Waals surface area contributed by atoms with Crippen LogP contribution in [0.15, 0.2) is 38.6 Å². The molecule has 1 unspecified atom stereocenters. The molecule has 1 atom stereocenters. The van der Waals surface area contributed by atoms with Crippen LogP contribution in [-0.4, -0.2) is 6.54 Å². The minimum absolute atomic E-state index is 0.266. The highest BCUT2D eigenvalue weighted by molar-refractivity contribution is 9.11. The van der Waals surface area contributed by atoms with Gasteiger partial charge in [0.15, 0.2) is 0 Å². The lowest BCUT2D eigenvalue weighted by Crippen LogP contribution is -2.21. The van der Waals surface area contributed by atoms with Gasteiger partial charge in [-0.3, -0.25) is 0 Å². The minimum Gasteiger partial charge on any atom is -0.306 e. The van der Waals surface area contributed by atoms with Gasteiger partial charge in [0.2, 0.25) is 0 Å². The number of rotatable bonds is 4. The van der Waals surface area contributed by atoms with Crippen molar-refractivity contribution in [3.8, 4) is 0 Å². The molecule has 0 fully saturated rings. The molecule has 0 saturated heterocycles. The lowest BCUT2D eigenvalue weighted by molar-refractivity contribution is 0.639. The number of hydrogen-bond acceptors (Lipinski definition) is 2. The van der Waals surface area contributed by atoms with Crippen LogP contribution in [0.5, 0.6) is 0 Å². The molecule has 1 N–H and O–H groups in total. The SMILES string of the molecule is CCNC(c1cccc(Br)c1)c1cc(C)c(Br)s1. The third-order valence-corrected chi connectivity index (χ3v) is 5.45. The summed E-state index contributed by atoms with van der Waals surface area (Å²) in [5.41, 5.74) is 2.59. The quantitative estimate of drug-likeness (QED) is 0.751. The summed E-state index contributed by atoms with van der Waals surface area (Å²) in [4.78, 5) is 1.35. The third-order valence-electron chi connectivity index (χ3n) is 2.75. The topological polar surface area (TPSA) is 12.0 Å². The Morgan fingerprint density at radius 3 is 2.61 bits per heavy atom. The van der Waals surface area contributed by atoms with Gasteiger partial charge in [0.1, 0.15) is 0 Å². The van der Waals surface area contributed by atoms with Crippen LogP contribution in [0.4, 0.5) is 0 Å². The summed E-state index contributed by atoms with van der Waals surface area (Å²) in [5, 5.41) is 3.55. The second-order valence-corrected chi connectivity index (χ2v) is 7.47. The van der Waals surface area contributed by atoms with Crippen LogP contribution >= 0.6 is 43.2 Å². The molecule has 18 heavy (non-hydrogen) atoms. The maximum atomic E-state index is 3.60. The average Bonchev–Trinajstić information content (AvgIpc) is 2.66. The van der Waals surface area contributed by atoms with Crippen LogP contribution in [0.3, 0.4) is 0 Å². The predicted molar refractivity (Wildman–Crippen MR) is 86.4 cm³/mol. The molecular formula is C14H15Br2NS. The third kappa shape index (κ3) is 3.23. The Morgan fingerprint density at radius 2 is 2.06 bits per heavy atom. The van der Waals surface area contributed by atoms with Crippen molar-refractivity contribution in [2.75, 3.05) is 6.54 Å². The summed E-state index contributed by atoms with van der Waals surface area (Å²) in [6.45, 7) is 5.22. The number of benzene rings is 1. The van der Waals surface area contributed by atoms with E-state index >= 15 is 0 Å². The van der Waals surface area contributed by atoms with Crippen LogP contribution in [0.2, 0.25) is 0 Å². The minimum atomic E-state index is 0.266.